The number of carbonyl (C=O) groups is 2. The summed E-state index contributed by atoms with van der Waals surface area (Å²) in [6.07, 6.45) is 0. The first-order valence-corrected chi connectivity index (χ1v) is 12.0. The Hall–Kier alpha value is -3.65. The lowest BCUT2D eigenvalue weighted by Gasteiger charge is -2.09. The standard InChI is InChI=1S/C26H26N4O3S/c1-15(2)18-10-12-20(13-11-18)27-21(31)14-34-26-29-23(22-16(3)17(4)33-25(22)30-26)28-24(32)19-8-6-5-7-9-19/h5-13,15H,14H2,1-4H3,(H,27,31)(H,28,29,30,32). The third kappa shape index (κ3) is 5.28. The highest BCUT2D eigenvalue weighted by atomic mass is 32.2. The van der Waals surface area contributed by atoms with Crippen molar-refractivity contribution in [1.29, 1.82) is 0 Å². The summed E-state index contributed by atoms with van der Waals surface area (Å²) in [5.74, 6) is 1.15. The summed E-state index contributed by atoms with van der Waals surface area (Å²) in [5.41, 5.74) is 3.70. The molecule has 0 radical (unpaired) electrons. The second-order valence-electron chi connectivity index (χ2n) is 8.25. The van der Waals surface area contributed by atoms with Gasteiger partial charge in [-0.05, 0) is 49.6 Å². The summed E-state index contributed by atoms with van der Waals surface area (Å²) in [6.45, 7) is 7.98. The maximum absolute atomic E-state index is 12.7. The van der Waals surface area contributed by atoms with Crippen LogP contribution in [0, 0.1) is 13.8 Å². The van der Waals surface area contributed by atoms with Gasteiger partial charge in [0, 0.05) is 16.8 Å². The first-order chi connectivity index (χ1) is 16.3. The van der Waals surface area contributed by atoms with E-state index in [4.69, 9.17) is 4.42 Å². The molecule has 2 aromatic carbocycles. The molecule has 0 saturated carbocycles. The molecule has 2 amide bonds. The Balaban J connectivity index is 1.51. The van der Waals surface area contributed by atoms with E-state index in [0.29, 0.717) is 39.3 Å². The monoisotopic (exact) mass is 474 g/mol. The van der Waals surface area contributed by atoms with Crippen LogP contribution in [0.1, 0.15) is 47.0 Å². The van der Waals surface area contributed by atoms with E-state index in [1.54, 1.807) is 24.3 Å². The van der Waals surface area contributed by atoms with Gasteiger partial charge in [0.2, 0.25) is 11.6 Å². The third-order valence-corrected chi connectivity index (χ3v) is 6.32. The van der Waals surface area contributed by atoms with Crippen LogP contribution in [0.2, 0.25) is 0 Å². The highest BCUT2D eigenvalue weighted by Crippen LogP contribution is 2.31. The van der Waals surface area contributed by atoms with E-state index in [2.05, 4.69) is 34.4 Å². The number of aryl methyl sites for hydroxylation is 2. The van der Waals surface area contributed by atoms with Crippen molar-refractivity contribution >= 4 is 46.2 Å². The number of hydrogen-bond donors (Lipinski definition) is 2. The van der Waals surface area contributed by atoms with E-state index in [0.717, 1.165) is 11.3 Å². The quantitative estimate of drug-likeness (QED) is 0.254. The smallest absolute Gasteiger partial charge is 0.256 e. The molecular formula is C26H26N4O3S. The van der Waals surface area contributed by atoms with Crippen molar-refractivity contribution in [1.82, 2.24) is 9.97 Å². The molecule has 0 atom stereocenters. The molecule has 34 heavy (non-hydrogen) atoms. The number of nitrogens with zero attached hydrogens (tertiary/aromatic N) is 2. The van der Waals surface area contributed by atoms with Crippen molar-refractivity contribution in [3.63, 3.8) is 0 Å². The zero-order chi connectivity index (χ0) is 24.2. The van der Waals surface area contributed by atoms with Crippen LogP contribution in [0.15, 0.2) is 64.2 Å². The molecule has 2 N–H and O–H groups in total. The first-order valence-electron chi connectivity index (χ1n) is 11.0. The Morgan fingerprint density at radius 2 is 1.68 bits per heavy atom. The van der Waals surface area contributed by atoms with Gasteiger partial charge in [-0.3, -0.25) is 9.59 Å². The number of furan rings is 1. The van der Waals surface area contributed by atoms with E-state index >= 15 is 0 Å². The summed E-state index contributed by atoms with van der Waals surface area (Å²) >= 11 is 1.18. The number of thioether (sulfide) groups is 1. The maximum Gasteiger partial charge on any atom is 0.256 e. The van der Waals surface area contributed by atoms with Crippen molar-refractivity contribution in [2.24, 2.45) is 0 Å². The fourth-order valence-electron chi connectivity index (χ4n) is 3.43. The van der Waals surface area contributed by atoms with Gasteiger partial charge >= 0.3 is 0 Å². The molecule has 4 aromatic rings. The van der Waals surface area contributed by atoms with Gasteiger partial charge < -0.3 is 15.1 Å². The molecule has 0 fully saturated rings. The number of benzene rings is 2. The van der Waals surface area contributed by atoms with E-state index in [-0.39, 0.29) is 17.6 Å². The van der Waals surface area contributed by atoms with Crippen molar-refractivity contribution in [2.45, 2.75) is 38.8 Å². The summed E-state index contributed by atoms with van der Waals surface area (Å²) in [5, 5.41) is 6.76. The number of aromatic nitrogens is 2. The topological polar surface area (TPSA) is 97.1 Å². The van der Waals surface area contributed by atoms with E-state index in [1.807, 2.05) is 44.2 Å². The van der Waals surface area contributed by atoms with Crippen LogP contribution in [0.3, 0.4) is 0 Å². The average Bonchev–Trinajstić information content (AvgIpc) is 3.12. The lowest BCUT2D eigenvalue weighted by atomic mass is 10.0. The highest BCUT2D eigenvalue weighted by Gasteiger charge is 2.19. The lowest BCUT2D eigenvalue weighted by molar-refractivity contribution is -0.113. The SMILES string of the molecule is Cc1oc2nc(SCC(=O)Nc3ccc(C(C)C)cc3)nc(NC(=O)c3ccccc3)c2c1C. The minimum atomic E-state index is -0.280. The summed E-state index contributed by atoms with van der Waals surface area (Å²) in [7, 11) is 0. The zero-order valence-corrected chi connectivity index (χ0v) is 20.3. The molecule has 0 bridgehead atoms. The second-order valence-corrected chi connectivity index (χ2v) is 9.19. The summed E-state index contributed by atoms with van der Waals surface area (Å²) in [6, 6.07) is 16.7. The number of fused-ring (bicyclic) bond motifs is 1. The van der Waals surface area contributed by atoms with Gasteiger partial charge in [-0.2, -0.15) is 4.98 Å². The van der Waals surface area contributed by atoms with Gasteiger partial charge in [-0.1, -0.05) is 55.9 Å². The largest absolute Gasteiger partial charge is 0.443 e. The number of carbonyl (C=O) groups excluding carboxylic acids is 2. The molecule has 0 aliphatic heterocycles. The molecule has 2 heterocycles. The molecule has 174 valence electrons. The van der Waals surface area contributed by atoms with Crippen LogP contribution in [-0.2, 0) is 4.79 Å². The van der Waals surface area contributed by atoms with E-state index in [9.17, 15) is 9.59 Å². The molecule has 4 rings (SSSR count). The highest BCUT2D eigenvalue weighted by molar-refractivity contribution is 7.99. The second kappa shape index (κ2) is 10.1. The first kappa shape index (κ1) is 23.5. The van der Waals surface area contributed by atoms with Gasteiger partial charge in [0.1, 0.15) is 11.6 Å². The Morgan fingerprint density at radius 1 is 0.971 bits per heavy atom. The Labute approximate surface area is 202 Å². The summed E-state index contributed by atoms with van der Waals surface area (Å²) in [4.78, 5) is 34.2. The van der Waals surface area contributed by atoms with Gasteiger partial charge in [-0.15, -0.1) is 0 Å². The zero-order valence-electron chi connectivity index (χ0n) is 19.5. The number of nitrogens with one attached hydrogen (secondary N) is 2. The van der Waals surface area contributed by atoms with Gasteiger partial charge in [0.05, 0.1) is 11.1 Å². The molecule has 0 saturated heterocycles. The third-order valence-electron chi connectivity index (χ3n) is 5.47. The molecule has 0 aliphatic carbocycles. The number of hydrogen-bond acceptors (Lipinski definition) is 6. The number of amides is 2. The van der Waals surface area contributed by atoms with Gasteiger partial charge in [-0.25, -0.2) is 4.98 Å². The predicted octanol–water partition coefficient (Wildman–Crippen LogP) is 5.95. The van der Waals surface area contributed by atoms with Crippen LogP contribution in [-0.4, -0.2) is 27.5 Å². The maximum atomic E-state index is 12.7. The minimum absolute atomic E-state index is 0.113. The average molecular weight is 475 g/mol. The van der Waals surface area contributed by atoms with Crippen molar-refractivity contribution in [2.75, 3.05) is 16.4 Å². The van der Waals surface area contributed by atoms with Crippen LogP contribution in [0.4, 0.5) is 11.5 Å². The number of anilines is 2. The van der Waals surface area contributed by atoms with Crippen LogP contribution in [0.5, 0.6) is 0 Å². The molecule has 8 heteroatoms. The molecule has 0 spiro atoms. The molecular weight excluding hydrogens is 448 g/mol. The molecule has 0 unspecified atom stereocenters. The molecule has 7 nitrogen and oxygen atoms in total. The normalized spacial score (nSPS) is 11.1. The lowest BCUT2D eigenvalue weighted by Crippen LogP contribution is -2.15. The Kier molecular flexibility index (Phi) is 6.98. The van der Waals surface area contributed by atoms with Crippen LogP contribution < -0.4 is 10.6 Å². The molecule has 0 aliphatic rings. The fourth-order valence-corrected chi connectivity index (χ4v) is 4.07. The van der Waals surface area contributed by atoms with Crippen LogP contribution >= 0.6 is 11.8 Å². The Bertz CT molecular complexity index is 1330. The van der Waals surface area contributed by atoms with Gasteiger partial charge in [0.15, 0.2) is 5.16 Å². The van der Waals surface area contributed by atoms with E-state index < -0.39 is 0 Å². The number of rotatable bonds is 7. The van der Waals surface area contributed by atoms with Gasteiger partial charge in [0.25, 0.3) is 5.91 Å². The Morgan fingerprint density at radius 3 is 2.35 bits per heavy atom. The van der Waals surface area contributed by atoms with E-state index in [1.165, 1.54) is 17.3 Å². The van der Waals surface area contributed by atoms with Crippen LogP contribution in [0.25, 0.3) is 11.1 Å². The minimum Gasteiger partial charge on any atom is -0.443 e. The predicted molar refractivity (Wildman–Crippen MR) is 136 cm³/mol. The van der Waals surface area contributed by atoms with Crippen molar-refractivity contribution in [3.8, 4) is 0 Å². The van der Waals surface area contributed by atoms with Crippen molar-refractivity contribution < 1.29 is 14.0 Å². The fraction of sp³-hybridized carbons (Fsp3) is 0.231. The summed E-state index contributed by atoms with van der Waals surface area (Å²) < 4.78 is 5.78. The molecule has 2 aromatic heterocycles. The van der Waals surface area contributed by atoms with Crippen molar-refractivity contribution in [3.05, 3.63) is 77.0 Å².